The van der Waals surface area contributed by atoms with Gasteiger partial charge in [0.05, 0.1) is 10.2 Å². The Kier molecular flexibility index (Phi) is 3.17. The third kappa shape index (κ3) is 1.88. The maximum absolute atomic E-state index is 12.8. The minimum atomic E-state index is -0.0435. The highest BCUT2D eigenvalue weighted by Gasteiger charge is 2.33. The average Bonchev–Trinajstić information content (AvgIpc) is 2.89. The van der Waals surface area contributed by atoms with Crippen molar-refractivity contribution in [3.05, 3.63) is 45.7 Å². The molecule has 0 saturated carbocycles. The highest BCUT2D eigenvalue weighted by Crippen LogP contribution is 2.34. The predicted molar refractivity (Wildman–Crippen MR) is 82.1 cm³/mol. The molecule has 0 bridgehead atoms. The lowest BCUT2D eigenvalue weighted by atomic mass is 10.1. The summed E-state index contributed by atoms with van der Waals surface area (Å²) in [6, 6.07) is 8.23. The maximum Gasteiger partial charge on any atom is 0.280 e. The second-order valence-electron chi connectivity index (χ2n) is 5.23. The van der Waals surface area contributed by atoms with E-state index in [0.717, 1.165) is 22.3 Å². The van der Waals surface area contributed by atoms with Crippen LogP contribution in [-0.2, 0) is 13.5 Å². The summed E-state index contributed by atoms with van der Waals surface area (Å²) in [6.45, 7) is 4.01. The van der Waals surface area contributed by atoms with Gasteiger partial charge in [-0.05, 0) is 47.8 Å². The number of hydrogen-bond acceptors (Lipinski definition) is 2. The number of carbonyl (C=O) groups excluding carboxylic acids is 1. The SMILES string of the molecule is Cc1c(Br)c(C(=O)N2c3ccccc3C[C@@H]2C)nn1C. The molecule has 4 nitrogen and oxygen atoms in total. The molecule has 0 spiro atoms. The van der Waals surface area contributed by atoms with Crippen molar-refractivity contribution in [2.75, 3.05) is 4.90 Å². The van der Waals surface area contributed by atoms with E-state index in [4.69, 9.17) is 0 Å². The molecule has 2 aromatic rings. The predicted octanol–water partition coefficient (Wildman–Crippen LogP) is 3.08. The molecule has 3 rings (SSSR count). The van der Waals surface area contributed by atoms with Gasteiger partial charge in [0.2, 0.25) is 0 Å². The summed E-state index contributed by atoms with van der Waals surface area (Å²) in [4.78, 5) is 14.7. The Morgan fingerprint density at radius 1 is 1.40 bits per heavy atom. The van der Waals surface area contributed by atoms with Gasteiger partial charge in [0.25, 0.3) is 5.91 Å². The van der Waals surface area contributed by atoms with E-state index in [1.54, 1.807) is 4.68 Å². The molecule has 0 aliphatic carbocycles. The van der Waals surface area contributed by atoms with E-state index in [9.17, 15) is 4.79 Å². The number of benzene rings is 1. The van der Waals surface area contributed by atoms with Crippen LogP contribution < -0.4 is 4.90 Å². The fourth-order valence-corrected chi connectivity index (χ4v) is 3.21. The number of para-hydroxylation sites is 1. The summed E-state index contributed by atoms with van der Waals surface area (Å²) in [5.74, 6) is -0.0435. The molecule has 0 radical (unpaired) electrons. The van der Waals surface area contributed by atoms with Crippen molar-refractivity contribution in [1.82, 2.24) is 9.78 Å². The minimum absolute atomic E-state index is 0.0435. The average molecular weight is 334 g/mol. The lowest BCUT2D eigenvalue weighted by Gasteiger charge is -2.21. The first kappa shape index (κ1) is 13.4. The summed E-state index contributed by atoms with van der Waals surface area (Å²) in [5, 5.41) is 4.34. The van der Waals surface area contributed by atoms with Gasteiger partial charge < -0.3 is 4.90 Å². The van der Waals surface area contributed by atoms with E-state index in [2.05, 4.69) is 34.0 Å². The molecule has 1 atom stereocenters. The molecule has 20 heavy (non-hydrogen) atoms. The first-order valence-electron chi connectivity index (χ1n) is 6.61. The van der Waals surface area contributed by atoms with Crippen LogP contribution >= 0.6 is 15.9 Å². The number of aromatic nitrogens is 2. The summed E-state index contributed by atoms with van der Waals surface area (Å²) in [7, 11) is 1.85. The standard InChI is InChI=1S/C15H16BrN3O/c1-9-8-11-6-4-5-7-12(11)19(9)15(20)14-13(16)10(2)18(3)17-14/h4-7,9H,8H2,1-3H3/t9-/m0/s1. The van der Waals surface area contributed by atoms with Crippen LogP contribution in [0.25, 0.3) is 0 Å². The molecule has 0 fully saturated rings. The van der Waals surface area contributed by atoms with Crippen LogP contribution in [0.2, 0.25) is 0 Å². The molecule has 1 aliphatic rings. The number of anilines is 1. The van der Waals surface area contributed by atoms with Gasteiger partial charge in [-0.2, -0.15) is 5.10 Å². The Morgan fingerprint density at radius 2 is 2.10 bits per heavy atom. The summed E-state index contributed by atoms with van der Waals surface area (Å²) >= 11 is 3.48. The van der Waals surface area contributed by atoms with Gasteiger partial charge in [0.15, 0.2) is 5.69 Å². The van der Waals surface area contributed by atoms with Gasteiger partial charge >= 0.3 is 0 Å². The summed E-state index contributed by atoms with van der Waals surface area (Å²) < 4.78 is 2.51. The van der Waals surface area contributed by atoms with Crippen LogP contribution in [0, 0.1) is 6.92 Å². The van der Waals surface area contributed by atoms with Gasteiger partial charge in [0, 0.05) is 18.8 Å². The molecule has 104 valence electrons. The molecule has 0 N–H and O–H groups in total. The highest BCUT2D eigenvalue weighted by molar-refractivity contribution is 9.10. The third-order valence-corrected chi connectivity index (χ3v) is 4.84. The zero-order chi connectivity index (χ0) is 14.4. The third-order valence-electron chi connectivity index (χ3n) is 3.89. The Hall–Kier alpha value is -1.62. The van der Waals surface area contributed by atoms with Crippen LogP contribution in [0.5, 0.6) is 0 Å². The largest absolute Gasteiger partial charge is 0.304 e. The van der Waals surface area contributed by atoms with Gasteiger partial charge in [-0.15, -0.1) is 0 Å². The van der Waals surface area contributed by atoms with Crippen LogP contribution in [0.1, 0.15) is 28.7 Å². The van der Waals surface area contributed by atoms with Crippen molar-refractivity contribution in [3.8, 4) is 0 Å². The number of amides is 1. The van der Waals surface area contributed by atoms with E-state index < -0.39 is 0 Å². The number of hydrogen-bond donors (Lipinski definition) is 0. The molecule has 1 aromatic heterocycles. The van der Waals surface area contributed by atoms with Crippen molar-refractivity contribution in [2.24, 2.45) is 7.05 Å². The Bertz CT molecular complexity index is 692. The first-order valence-corrected chi connectivity index (χ1v) is 7.40. The van der Waals surface area contributed by atoms with Gasteiger partial charge in [0.1, 0.15) is 0 Å². The van der Waals surface area contributed by atoms with Crippen molar-refractivity contribution in [2.45, 2.75) is 26.3 Å². The first-order chi connectivity index (χ1) is 9.50. The van der Waals surface area contributed by atoms with Crippen molar-refractivity contribution >= 4 is 27.5 Å². The van der Waals surface area contributed by atoms with Crippen LogP contribution in [0.4, 0.5) is 5.69 Å². The fourth-order valence-electron chi connectivity index (χ4n) is 2.71. The van der Waals surface area contributed by atoms with E-state index in [1.165, 1.54) is 5.56 Å². The van der Waals surface area contributed by atoms with E-state index in [1.807, 2.05) is 37.1 Å². The molecule has 0 unspecified atom stereocenters. The maximum atomic E-state index is 12.8. The number of fused-ring (bicyclic) bond motifs is 1. The Labute approximate surface area is 126 Å². The number of aryl methyl sites for hydroxylation is 1. The molecule has 2 heterocycles. The van der Waals surface area contributed by atoms with Crippen molar-refractivity contribution in [1.29, 1.82) is 0 Å². The Balaban J connectivity index is 2.05. The van der Waals surface area contributed by atoms with Crippen molar-refractivity contribution in [3.63, 3.8) is 0 Å². The van der Waals surface area contributed by atoms with Crippen molar-refractivity contribution < 1.29 is 4.79 Å². The lowest BCUT2D eigenvalue weighted by molar-refractivity contribution is 0.0975. The zero-order valence-electron chi connectivity index (χ0n) is 11.7. The minimum Gasteiger partial charge on any atom is -0.304 e. The molecule has 1 amide bonds. The summed E-state index contributed by atoms with van der Waals surface area (Å²) in [6.07, 6.45) is 0.894. The Morgan fingerprint density at radius 3 is 2.75 bits per heavy atom. The monoisotopic (exact) mass is 333 g/mol. The van der Waals surface area contributed by atoms with E-state index >= 15 is 0 Å². The zero-order valence-corrected chi connectivity index (χ0v) is 13.3. The normalized spacial score (nSPS) is 17.4. The van der Waals surface area contributed by atoms with E-state index in [-0.39, 0.29) is 11.9 Å². The van der Waals surface area contributed by atoms with Gasteiger partial charge in [-0.25, -0.2) is 0 Å². The molecular formula is C15H16BrN3O. The molecule has 0 saturated heterocycles. The van der Waals surface area contributed by atoms with E-state index in [0.29, 0.717) is 5.69 Å². The topological polar surface area (TPSA) is 38.1 Å². The molecule has 5 heteroatoms. The molecular weight excluding hydrogens is 318 g/mol. The van der Waals surface area contributed by atoms with Crippen LogP contribution in [0.3, 0.4) is 0 Å². The number of nitrogens with zero attached hydrogens (tertiary/aromatic N) is 3. The molecule has 1 aromatic carbocycles. The second-order valence-corrected chi connectivity index (χ2v) is 6.02. The van der Waals surface area contributed by atoms with Crippen LogP contribution in [-0.4, -0.2) is 21.7 Å². The van der Waals surface area contributed by atoms with Crippen LogP contribution in [0.15, 0.2) is 28.7 Å². The second kappa shape index (κ2) is 4.74. The number of halogens is 1. The summed E-state index contributed by atoms with van der Waals surface area (Å²) in [5.41, 5.74) is 3.65. The smallest absolute Gasteiger partial charge is 0.280 e. The fraction of sp³-hybridized carbons (Fsp3) is 0.333. The molecule has 1 aliphatic heterocycles. The lowest BCUT2D eigenvalue weighted by Crippen LogP contribution is -2.36. The van der Waals surface area contributed by atoms with Gasteiger partial charge in [-0.1, -0.05) is 18.2 Å². The number of rotatable bonds is 1. The van der Waals surface area contributed by atoms with Gasteiger partial charge in [-0.3, -0.25) is 9.48 Å². The quantitative estimate of drug-likeness (QED) is 0.804. The number of carbonyl (C=O) groups is 1. The highest BCUT2D eigenvalue weighted by atomic mass is 79.9.